The Balaban J connectivity index is 1.47. The van der Waals surface area contributed by atoms with Crippen LogP contribution >= 0.6 is 11.8 Å². The Bertz CT molecular complexity index is 657. The van der Waals surface area contributed by atoms with Gasteiger partial charge in [-0.15, -0.1) is 10.2 Å². The monoisotopic (exact) mass is 391 g/mol. The predicted octanol–water partition coefficient (Wildman–Crippen LogP) is 3.59. The zero-order valence-electron chi connectivity index (χ0n) is 16.9. The Labute approximate surface area is 167 Å². The molecule has 1 amide bonds. The molecule has 7 heteroatoms. The van der Waals surface area contributed by atoms with Crippen LogP contribution in [-0.2, 0) is 4.79 Å². The molecular formula is C20H33N5OS. The van der Waals surface area contributed by atoms with Crippen LogP contribution < -0.4 is 4.90 Å². The van der Waals surface area contributed by atoms with Crippen molar-refractivity contribution in [3.63, 3.8) is 0 Å². The second-order valence-corrected chi connectivity index (χ2v) is 10.2. The van der Waals surface area contributed by atoms with E-state index in [0.29, 0.717) is 17.9 Å². The van der Waals surface area contributed by atoms with E-state index in [9.17, 15) is 4.79 Å². The molecule has 150 valence electrons. The highest BCUT2D eigenvalue weighted by Crippen LogP contribution is 2.42. The average molecular weight is 392 g/mol. The fourth-order valence-electron chi connectivity index (χ4n) is 4.62. The minimum Gasteiger partial charge on any atom is -0.341 e. The van der Waals surface area contributed by atoms with Crippen LogP contribution in [0, 0.1) is 11.8 Å². The summed E-state index contributed by atoms with van der Waals surface area (Å²) >= 11 is 1.60. The van der Waals surface area contributed by atoms with Crippen LogP contribution in [0.5, 0.6) is 0 Å². The molecule has 0 spiro atoms. The molecule has 3 atom stereocenters. The number of likely N-dealkylation sites (tertiary alicyclic amines) is 1. The molecule has 0 aromatic carbocycles. The van der Waals surface area contributed by atoms with Crippen LogP contribution in [-0.4, -0.2) is 57.0 Å². The van der Waals surface area contributed by atoms with E-state index in [0.717, 1.165) is 37.3 Å². The summed E-state index contributed by atoms with van der Waals surface area (Å²) in [6.45, 7) is 10.5. The predicted molar refractivity (Wildman–Crippen MR) is 109 cm³/mol. The number of carbonyl (C=O) groups excluding carboxylic acids is 1. The molecule has 3 aliphatic rings. The molecule has 27 heavy (non-hydrogen) atoms. The van der Waals surface area contributed by atoms with Crippen LogP contribution in [0.1, 0.15) is 65.3 Å². The van der Waals surface area contributed by atoms with E-state index >= 15 is 0 Å². The van der Waals surface area contributed by atoms with Crippen molar-refractivity contribution in [3.8, 4) is 0 Å². The van der Waals surface area contributed by atoms with E-state index in [1.807, 2.05) is 6.92 Å². The van der Waals surface area contributed by atoms with Crippen molar-refractivity contribution in [2.75, 3.05) is 31.1 Å². The molecule has 3 heterocycles. The topological polar surface area (TPSA) is 54.3 Å². The molecule has 1 aliphatic carbocycles. The third-order valence-corrected chi connectivity index (χ3v) is 7.05. The second kappa shape index (κ2) is 8.02. The smallest absolute Gasteiger partial charge is 0.235 e. The van der Waals surface area contributed by atoms with Gasteiger partial charge in [0.2, 0.25) is 11.9 Å². The number of nitrogens with zero attached hydrogens (tertiary/aromatic N) is 5. The summed E-state index contributed by atoms with van der Waals surface area (Å²) in [5.74, 6) is 2.47. The van der Waals surface area contributed by atoms with E-state index in [-0.39, 0.29) is 11.2 Å². The number of anilines is 1. The molecule has 4 rings (SSSR count). The molecule has 0 bridgehead atoms. The van der Waals surface area contributed by atoms with E-state index in [1.165, 1.54) is 38.5 Å². The molecule has 1 saturated carbocycles. The maximum atomic E-state index is 13.0. The molecule has 1 aromatic heterocycles. The molecular weight excluding hydrogens is 358 g/mol. The first kappa shape index (κ1) is 19.1. The van der Waals surface area contributed by atoms with Gasteiger partial charge in [-0.1, -0.05) is 25.6 Å². The summed E-state index contributed by atoms with van der Waals surface area (Å²) in [5, 5.41) is 9.87. The van der Waals surface area contributed by atoms with Crippen molar-refractivity contribution in [1.29, 1.82) is 0 Å². The number of carbonyl (C=O) groups is 1. The lowest BCUT2D eigenvalue weighted by Gasteiger charge is -2.36. The number of rotatable bonds is 5. The van der Waals surface area contributed by atoms with E-state index in [4.69, 9.17) is 0 Å². The minimum atomic E-state index is -0.113. The second-order valence-electron chi connectivity index (χ2n) is 8.88. The average Bonchev–Trinajstić information content (AvgIpc) is 3.41. The van der Waals surface area contributed by atoms with Gasteiger partial charge < -0.3 is 9.80 Å². The molecule has 6 nitrogen and oxygen atoms in total. The fourth-order valence-corrected chi connectivity index (χ4v) is 5.62. The highest BCUT2D eigenvalue weighted by Gasteiger charge is 2.34. The van der Waals surface area contributed by atoms with Crippen molar-refractivity contribution in [3.05, 3.63) is 0 Å². The molecule has 3 fully saturated rings. The van der Waals surface area contributed by atoms with Crippen molar-refractivity contribution in [1.82, 2.24) is 19.7 Å². The number of hydrogen-bond acceptors (Lipinski definition) is 5. The van der Waals surface area contributed by atoms with Crippen molar-refractivity contribution in [2.45, 2.75) is 75.7 Å². The van der Waals surface area contributed by atoms with Crippen LogP contribution in [0.4, 0.5) is 5.95 Å². The SMILES string of the molecule is CC1CC(C)CN(C(=O)C(C)Sc2nnc(N3CCCCC3)n2C2CC2)C1. The van der Waals surface area contributed by atoms with Gasteiger partial charge in [0.1, 0.15) is 0 Å². The van der Waals surface area contributed by atoms with E-state index < -0.39 is 0 Å². The van der Waals surface area contributed by atoms with Crippen LogP contribution in [0.2, 0.25) is 0 Å². The molecule has 3 unspecified atom stereocenters. The van der Waals surface area contributed by atoms with Gasteiger partial charge in [-0.05, 0) is 57.3 Å². The Kier molecular flexibility index (Phi) is 5.67. The normalized spacial score (nSPS) is 27.7. The first-order chi connectivity index (χ1) is 13.0. The van der Waals surface area contributed by atoms with Crippen LogP contribution in [0.15, 0.2) is 5.16 Å². The summed E-state index contributed by atoms with van der Waals surface area (Å²) in [5.41, 5.74) is 0. The Morgan fingerprint density at radius 1 is 1.07 bits per heavy atom. The highest BCUT2D eigenvalue weighted by molar-refractivity contribution is 8.00. The van der Waals surface area contributed by atoms with Crippen molar-refractivity contribution < 1.29 is 4.79 Å². The van der Waals surface area contributed by atoms with Crippen molar-refractivity contribution in [2.24, 2.45) is 11.8 Å². The maximum Gasteiger partial charge on any atom is 0.235 e. The van der Waals surface area contributed by atoms with E-state index in [2.05, 4.69) is 38.4 Å². The van der Waals surface area contributed by atoms with Gasteiger partial charge in [-0.3, -0.25) is 9.36 Å². The first-order valence-electron chi connectivity index (χ1n) is 10.7. The molecule has 2 aliphatic heterocycles. The summed E-state index contributed by atoms with van der Waals surface area (Å²) < 4.78 is 2.32. The third-order valence-electron chi connectivity index (χ3n) is 6.01. The van der Waals surface area contributed by atoms with Gasteiger partial charge in [0, 0.05) is 32.2 Å². The standard InChI is InChI=1S/C20H33N5OS/c1-14-11-15(2)13-24(12-14)18(26)16(3)27-20-22-21-19(25(20)17-7-8-17)23-9-5-4-6-10-23/h14-17H,4-13H2,1-3H3. The van der Waals surface area contributed by atoms with Crippen molar-refractivity contribution >= 4 is 23.6 Å². The lowest BCUT2D eigenvalue weighted by Crippen LogP contribution is -2.45. The number of thioether (sulfide) groups is 1. The third kappa shape index (κ3) is 4.28. The summed E-state index contributed by atoms with van der Waals surface area (Å²) in [6.07, 6.45) is 7.42. The summed E-state index contributed by atoms with van der Waals surface area (Å²) in [6, 6.07) is 0.525. The molecule has 2 saturated heterocycles. The maximum absolute atomic E-state index is 13.0. The quantitative estimate of drug-likeness (QED) is 0.718. The van der Waals surface area contributed by atoms with Crippen LogP contribution in [0.3, 0.4) is 0 Å². The fraction of sp³-hybridized carbons (Fsp3) is 0.850. The number of amides is 1. The molecule has 0 N–H and O–H groups in total. The lowest BCUT2D eigenvalue weighted by molar-refractivity contribution is -0.132. The zero-order chi connectivity index (χ0) is 19.0. The highest BCUT2D eigenvalue weighted by atomic mass is 32.2. The van der Waals surface area contributed by atoms with Crippen LogP contribution in [0.25, 0.3) is 0 Å². The Morgan fingerprint density at radius 3 is 2.37 bits per heavy atom. The number of hydrogen-bond donors (Lipinski definition) is 0. The molecule has 0 radical (unpaired) electrons. The van der Waals surface area contributed by atoms with Gasteiger partial charge in [-0.25, -0.2) is 0 Å². The Hall–Kier alpha value is -1.24. The zero-order valence-corrected chi connectivity index (χ0v) is 17.7. The largest absolute Gasteiger partial charge is 0.341 e. The minimum absolute atomic E-state index is 0.113. The van der Waals surface area contributed by atoms with Gasteiger partial charge in [0.15, 0.2) is 5.16 Å². The number of piperidine rings is 2. The van der Waals surface area contributed by atoms with Gasteiger partial charge in [0.25, 0.3) is 0 Å². The van der Waals surface area contributed by atoms with E-state index in [1.54, 1.807) is 11.8 Å². The van der Waals surface area contributed by atoms with Gasteiger partial charge >= 0.3 is 0 Å². The number of aromatic nitrogens is 3. The lowest BCUT2D eigenvalue weighted by atomic mass is 9.92. The molecule has 1 aromatic rings. The first-order valence-corrected chi connectivity index (χ1v) is 11.6. The Morgan fingerprint density at radius 2 is 1.74 bits per heavy atom. The van der Waals surface area contributed by atoms with Gasteiger partial charge in [-0.2, -0.15) is 0 Å². The van der Waals surface area contributed by atoms with Gasteiger partial charge in [0.05, 0.1) is 5.25 Å². The summed E-state index contributed by atoms with van der Waals surface area (Å²) in [4.78, 5) is 17.5. The summed E-state index contributed by atoms with van der Waals surface area (Å²) in [7, 11) is 0.